The summed E-state index contributed by atoms with van der Waals surface area (Å²) < 4.78 is 1.14. The number of fused-ring (bicyclic) bond motifs is 1. The van der Waals surface area contributed by atoms with E-state index in [2.05, 4.69) is 20.3 Å². The van der Waals surface area contributed by atoms with Crippen molar-refractivity contribution in [3.8, 4) is 0 Å². The molecule has 0 aliphatic carbocycles. The molecule has 18 heavy (non-hydrogen) atoms. The summed E-state index contributed by atoms with van der Waals surface area (Å²) in [6.45, 7) is 1.89. The molecule has 0 aliphatic rings. The van der Waals surface area contributed by atoms with Gasteiger partial charge in [-0.25, -0.2) is 15.0 Å². The number of benzene rings is 1. The molecular formula is C12H11N5S. The highest BCUT2D eigenvalue weighted by Gasteiger charge is 2.05. The van der Waals surface area contributed by atoms with Gasteiger partial charge in [-0.1, -0.05) is 0 Å². The molecule has 2 heterocycles. The van der Waals surface area contributed by atoms with E-state index in [0.29, 0.717) is 5.82 Å². The molecule has 3 aromatic rings. The number of aromatic nitrogens is 3. The Hall–Kier alpha value is -2.21. The Labute approximate surface area is 108 Å². The molecule has 0 saturated heterocycles. The van der Waals surface area contributed by atoms with Crippen molar-refractivity contribution in [1.82, 2.24) is 15.0 Å². The van der Waals surface area contributed by atoms with Crippen molar-refractivity contribution in [3.63, 3.8) is 0 Å². The van der Waals surface area contributed by atoms with E-state index in [9.17, 15) is 0 Å². The lowest BCUT2D eigenvalue weighted by molar-refractivity contribution is 1.14. The highest BCUT2D eigenvalue weighted by atomic mass is 32.1. The zero-order valence-corrected chi connectivity index (χ0v) is 10.5. The van der Waals surface area contributed by atoms with Crippen molar-refractivity contribution in [1.29, 1.82) is 0 Å². The van der Waals surface area contributed by atoms with Crippen LogP contribution in [0.15, 0.2) is 30.0 Å². The Bertz CT molecular complexity index is 707. The fraction of sp³-hybridized carbons (Fsp3) is 0.0833. The zero-order valence-electron chi connectivity index (χ0n) is 9.71. The molecule has 0 amide bonds. The number of hydrogen-bond donors (Lipinski definition) is 2. The lowest BCUT2D eigenvalue weighted by Crippen LogP contribution is -2.01. The van der Waals surface area contributed by atoms with Crippen molar-refractivity contribution >= 4 is 38.9 Å². The number of nitrogen functional groups attached to an aromatic ring is 1. The highest BCUT2D eigenvalue weighted by molar-refractivity contribution is 7.16. The smallest absolute Gasteiger partial charge is 0.138 e. The topological polar surface area (TPSA) is 76.7 Å². The third-order valence-electron chi connectivity index (χ3n) is 2.72. The minimum Gasteiger partial charge on any atom is -0.383 e. The number of anilines is 3. The Morgan fingerprint density at radius 2 is 2.11 bits per heavy atom. The van der Waals surface area contributed by atoms with Gasteiger partial charge in [-0.3, -0.25) is 0 Å². The quantitative estimate of drug-likeness (QED) is 0.738. The van der Waals surface area contributed by atoms with Crippen LogP contribution < -0.4 is 11.1 Å². The van der Waals surface area contributed by atoms with Gasteiger partial charge in [0.05, 0.1) is 15.7 Å². The normalized spacial score (nSPS) is 10.7. The lowest BCUT2D eigenvalue weighted by Gasteiger charge is -2.09. The van der Waals surface area contributed by atoms with Crippen LogP contribution in [0, 0.1) is 6.92 Å². The first-order chi connectivity index (χ1) is 8.74. The minimum atomic E-state index is 0.492. The average molecular weight is 257 g/mol. The van der Waals surface area contributed by atoms with E-state index >= 15 is 0 Å². The first kappa shape index (κ1) is 10.9. The fourth-order valence-electron chi connectivity index (χ4n) is 1.66. The Kier molecular flexibility index (Phi) is 2.56. The molecule has 0 atom stereocenters. The predicted octanol–water partition coefficient (Wildman–Crippen LogP) is 2.72. The fourth-order valence-corrected chi connectivity index (χ4v) is 2.38. The summed E-state index contributed by atoms with van der Waals surface area (Å²) in [5.74, 6) is 1.22. The maximum atomic E-state index is 5.75. The van der Waals surface area contributed by atoms with E-state index in [-0.39, 0.29) is 0 Å². The predicted molar refractivity (Wildman–Crippen MR) is 74.1 cm³/mol. The molecule has 3 N–H and O–H groups in total. The monoisotopic (exact) mass is 257 g/mol. The van der Waals surface area contributed by atoms with Gasteiger partial charge in [0, 0.05) is 11.3 Å². The van der Waals surface area contributed by atoms with Crippen LogP contribution >= 0.6 is 11.3 Å². The van der Waals surface area contributed by atoms with E-state index in [1.54, 1.807) is 11.3 Å². The van der Waals surface area contributed by atoms with Crippen LogP contribution in [0.5, 0.6) is 0 Å². The molecule has 5 nitrogen and oxygen atoms in total. The largest absolute Gasteiger partial charge is 0.383 e. The third-order valence-corrected chi connectivity index (χ3v) is 3.51. The molecule has 3 rings (SSSR count). The van der Waals surface area contributed by atoms with Gasteiger partial charge >= 0.3 is 0 Å². The number of nitrogens with one attached hydrogen (secondary N) is 1. The zero-order chi connectivity index (χ0) is 12.5. The van der Waals surface area contributed by atoms with Crippen molar-refractivity contribution in [2.24, 2.45) is 0 Å². The van der Waals surface area contributed by atoms with Crippen LogP contribution in [0.1, 0.15) is 5.56 Å². The van der Waals surface area contributed by atoms with Gasteiger partial charge < -0.3 is 11.1 Å². The van der Waals surface area contributed by atoms with E-state index in [1.807, 2.05) is 30.6 Å². The van der Waals surface area contributed by atoms with Gasteiger partial charge in [0.1, 0.15) is 18.0 Å². The third kappa shape index (κ3) is 1.86. The maximum Gasteiger partial charge on any atom is 0.138 e. The van der Waals surface area contributed by atoms with Gasteiger partial charge in [-0.05, 0) is 25.1 Å². The van der Waals surface area contributed by atoms with E-state index in [4.69, 9.17) is 5.73 Å². The number of nitrogens with zero attached hydrogens (tertiary/aromatic N) is 3. The van der Waals surface area contributed by atoms with Crippen LogP contribution in [0.4, 0.5) is 17.3 Å². The Morgan fingerprint density at radius 3 is 3.00 bits per heavy atom. The van der Waals surface area contributed by atoms with Crippen LogP contribution in [0.2, 0.25) is 0 Å². The van der Waals surface area contributed by atoms with Gasteiger partial charge in [0.15, 0.2) is 0 Å². The van der Waals surface area contributed by atoms with Gasteiger partial charge in [0.25, 0.3) is 0 Å². The second kappa shape index (κ2) is 4.23. The number of hydrogen-bond acceptors (Lipinski definition) is 6. The molecule has 0 unspecified atom stereocenters. The lowest BCUT2D eigenvalue weighted by atomic mass is 10.2. The van der Waals surface area contributed by atoms with Crippen LogP contribution in [-0.4, -0.2) is 15.0 Å². The van der Waals surface area contributed by atoms with Crippen LogP contribution in [-0.2, 0) is 0 Å². The molecule has 6 heteroatoms. The molecule has 0 spiro atoms. The summed E-state index contributed by atoms with van der Waals surface area (Å²) in [6.07, 6.45) is 1.45. The summed E-state index contributed by atoms with van der Waals surface area (Å²) in [6, 6.07) is 6.00. The average Bonchev–Trinajstić information content (AvgIpc) is 2.82. The molecule has 2 aromatic heterocycles. The number of thiazole rings is 1. The summed E-state index contributed by atoms with van der Waals surface area (Å²) in [4.78, 5) is 12.4. The summed E-state index contributed by atoms with van der Waals surface area (Å²) >= 11 is 1.61. The second-order valence-corrected chi connectivity index (χ2v) is 4.78. The maximum absolute atomic E-state index is 5.75. The molecule has 0 radical (unpaired) electrons. The standard InChI is InChI=1S/C12H11N5S/c1-7-11(13)14-5-15-12(7)17-8-2-3-9-10(4-8)18-6-16-9/h2-6H,1H3,(H3,13,14,15,17). The highest BCUT2D eigenvalue weighted by Crippen LogP contribution is 2.25. The SMILES string of the molecule is Cc1c(N)ncnc1Nc1ccc2ncsc2c1. The number of rotatable bonds is 2. The molecule has 1 aromatic carbocycles. The van der Waals surface area contributed by atoms with E-state index in [1.165, 1.54) is 6.33 Å². The Morgan fingerprint density at radius 1 is 1.22 bits per heavy atom. The summed E-state index contributed by atoms with van der Waals surface area (Å²) in [5, 5.41) is 3.24. The van der Waals surface area contributed by atoms with Crippen molar-refractivity contribution in [3.05, 3.63) is 35.6 Å². The number of nitrogens with two attached hydrogens (primary N) is 1. The molecule has 90 valence electrons. The van der Waals surface area contributed by atoms with E-state index in [0.717, 1.165) is 27.3 Å². The van der Waals surface area contributed by atoms with Crippen LogP contribution in [0.3, 0.4) is 0 Å². The molecule has 0 bridgehead atoms. The van der Waals surface area contributed by atoms with Gasteiger partial charge in [0.2, 0.25) is 0 Å². The Balaban J connectivity index is 1.98. The first-order valence-electron chi connectivity index (χ1n) is 5.41. The minimum absolute atomic E-state index is 0.492. The van der Waals surface area contributed by atoms with Gasteiger partial charge in [-0.2, -0.15) is 0 Å². The van der Waals surface area contributed by atoms with Crippen LogP contribution in [0.25, 0.3) is 10.2 Å². The first-order valence-corrected chi connectivity index (χ1v) is 6.29. The molecule has 0 fully saturated rings. The van der Waals surface area contributed by atoms with Gasteiger partial charge in [-0.15, -0.1) is 11.3 Å². The molecular weight excluding hydrogens is 246 g/mol. The van der Waals surface area contributed by atoms with Crippen molar-refractivity contribution in [2.75, 3.05) is 11.1 Å². The van der Waals surface area contributed by atoms with Crippen molar-refractivity contribution in [2.45, 2.75) is 6.92 Å². The van der Waals surface area contributed by atoms with E-state index < -0.39 is 0 Å². The summed E-state index contributed by atoms with van der Waals surface area (Å²) in [5.41, 5.74) is 10.4. The molecule has 0 saturated carbocycles. The second-order valence-electron chi connectivity index (χ2n) is 3.89. The summed E-state index contributed by atoms with van der Waals surface area (Å²) in [7, 11) is 0. The van der Waals surface area contributed by atoms with Crippen molar-refractivity contribution < 1.29 is 0 Å². The molecule has 0 aliphatic heterocycles.